The minimum Gasteiger partial charge on any atom is -0.348 e. The largest absolute Gasteiger partial charge is 0.348 e. The smallest absolute Gasteiger partial charge is 0.252 e. The van der Waals surface area contributed by atoms with Gasteiger partial charge in [0.2, 0.25) is 0 Å². The number of carbonyl (C=O) groups excluding carboxylic acids is 1. The maximum Gasteiger partial charge on any atom is 0.252 e. The number of hydrogen-bond acceptors (Lipinski definition) is 4. The Morgan fingerprint density at radius 1 is 1.39 bits per heavy atom. The van der Waals surface area contributed by atoms with Crippen LogP contribution >= 0.6 is 11.3 Å². The van der Waals surface area contributed by atoms with Gasteiger partial charge >= 0.3 is 0 Å². The average molecular weight is 336 g/mol. The van der Waals surface area contributed by atoms with E-state index in [4.69, 9.17) is 0 Å². The zero-order chi connectivity index (χ0) is 16.4. The first kappa shape index (κ1) is 16.9. The van der Waals surface area contributed by atoms with Crippen molar-refractivity contribution in [1.82, 2.24) is 15.1 Å². The molecule has 5 heteroatoms. The summed E-state index contributed by atoms with van der Waals surface area (Å²) in [6.07, 6.45) is 3.42. The molecule has 1 aliphatic carbocycles. The molecule has 0 aromatic carbocycles. The van der Waals surface area contributed by atoms with E-state index < -0.39 is 0 Å². The molecule has 1 aromatic rings. The van der Waals surface area contributed by atoms with Gasteiger partial charge < -0.3 is 10.2 Å². The fraction of sp³-hybridized carbons (Fsp3) is 0.722. The number of likely N-dealkylation sites (N-methyl/N-ethyl adjacent to an activating group) is 1. The minimum atomic E-state index is 0.124. The highest BCUT2D eigenvalue weighted by Crippen LogP contribution is 2.32. The fourth-order valence-electron chi connectivity index (χ4n) is 3.63. The van der Waals surface area contributed by atoms with Crippen LogP contribution in [-0.2, 0) is 12.8 Å². The van der Waals surface area contributed by atoms with Gasteiger partial charge in [-0.1, -0.05) is 6.92 Å². The van der Waals surface area contributed by atoms with Crippen LogP contribution in [0, 0.1) is 5.92 Å². The number of piperazine rings is 1. The molecule has 2 aliphatic rings. The lowest BCUT2D eigenvalue weighted by Crippen LogP contribution is -2.49. The number of hydrogen-bond donors (Lipinski definition) is 1. The third-order valence-electron chi connectivity index (χ3n) is 5.15. The highest BCUT2D eigenvalue weighted by molar-refractivity contribution is 7.10. The molecule has 0 bridgehead atoms. The van der Waals surface area contributed by atoms with Gasteiger partial charge in [0.1, 0.15) is 0 Å². The minimum absolute atomic E-state index is 0.124. The van der Waals surface area contributed by atoms with Gasteiger partial charge in [-0.05, 0) is 44.7 Å². The van der Waals surface area contributed by atoms with Crippen molar-refractivity contribution in [2.45, 2.75) is 39.2 Å². The Kier molecular flexibility index (Phi) is 5.39. The maximum atomic E-state index is 12.6. The van der Waals surface area contributed by atoms with Gasteiger partial charge in [-0.3, -0.25) is 9.69 Å². The van der Waals surface area contributed by atoms with Crippen molar-refractivity contribution in [3.63, 3.8) is 0 Å². The summed E-state index contributed by atoms with van der Waals surface area (Å²) in [5.41, 5.74) is 2.25. The number of fused-ring (bicyclic) bond motifs is 1. The van der Waals surface area contributed by atoms with E-state index in [1.807, 2.05) is 0 Å². The zero-order valence-corrected chi connectivity index (χ0v) is 15.4. The standard InChI is InChI=1S/C18H29N3OS/c1-13-4-5-15-16(12-23-17(15)10-13)18(22)19-14(2)11-21-8-6-20(3)7-9-21/h12-14H,4-11H2,1-3H3,(H,19,22). The van der Waals surface area contributed by atoms with E-state index in [-0.39, 0.29) is 11.9 Å². The molecular formula is C18H29N3OS. The lowest BCUT2D eigenvalue weighted by molar-refractivity contribution is 0.0914. The molecule has 4 nitrogen and oxygen atoms in total. The highest BCUT2D eigenvalue weighted by Gasteiger charge is 2.24. The van der Waals surface area contributed by atoms with E-state index in [2.05, 4.69) is 41.4 Å². The van der Waals surface area contributed by atoms with E-state index in [9.17, 15) is 4.79 Å². The van der Waals surface area contributed by atoms with Crippen LogP contribution in [0.4, 0.5) is 0 Å². The van der Waals surface area contributed by atoms with Crippen LogP contribution in [0.1, 0.15) is 41.1 Å². The molecule has 1 saturated heterocycles. The Labute approximate surface area is 143 Å². The molecule has 0 saturated carbocycles. The molecule has 0 radical (unpaired) electrons. The van der Waals surface area contributed by atoms with Gasteiger partial charge in [-0.2, -0.15) is 0 Å². The number of nitrogens with one attached hydrogen (secondary N) is 1. The average Bonchev–Trinajstić information content (AvgIpc) is 2.92. The van der Waals surface area contributed by atoms with Crippen LogP contribution in [0.2, 0.25) is 0 Å². The quantitative estimate of drug-likeness (QED) is 0.917. The lowest BCUT2D eigenvalue weighted by atomic mass is 9.88. The summed E-state index contributed by atoms with van der Waals surface area (Å²) in [5.74, 6) is 0.881. The van der Waals surface area contributed by atoms with Gasteiger partial charge in [0.25, 0.3) is 5.91 Å². The molecule has 0 spiro atoms. The van der Waals surface area contributed by atoms with E-state index >= 15 is 0 Å². The molecule has 1 fully saturated rings. The van der Waals surface area contributed by atoms with Crippen LogP contribution < -0.4 is 5.32 Å². The molecular weight excluding hydrogens is 306 g/mol. The number of carbonyl (C=O) groups is 1. The Bertz CT molecular complexity index is 548. The van der Waals surface area contributed by atoms with Crippen molar-refractivity contribution in [2.24, 2.45) is 5.92 Å². The molecule has 1 amide bonds. The Hall–Kier alpha value is -0.910. The van der Waals surface area contributed by atoms with Crippen molar-refractivity contribution in [2.75, 3.05) is 39.8 Å². The van der Waals surface area contributed by atoms with Gasteiger partial charge in [0, 0.05) is 49.0 Å². The number of thiophene rings is 1. The van der Waals surface area contributed by atoms with Gasteiger partial charge in [-0.15, -0.1) is 11.3 Å². The SMILES string of the molecule is CC1CCc2c(C(=O)NC(C)CN3CCN(C)CC3)csc2C1. The Morgan fingerprint density at radius 2 is 2.13 bits per heavy atom. The van der Waals surface area contributed by atoms with Gasteiger partial charge in [0.15, 0.2) is 0 Å². The molecule has 1 aromatic heterocycles. The summed E-state index contributed by atoms with van der Waals surface area (Å²) in [4.78, 5) is 18.9. The second-order valence-electron chi connectivity index (χ2n) is 7.38. The van der Waals surface area contributed by atoms with Crippen molar-refractivity contribution in [1.29, 1.82) is 0 Å². The molecule has 2 atom stereocenters. The summed E-state index contributed by atoms with van der Waals surface area (Å²) in [7, 11) is 2.17. The molecule has 128 valence electrons. The van der Waals surface area contributed by atoms with Crippen LogP contribution in [-0.4, -0.2) is 61.5 Å². The fourth-order valence-corrected chi connectivity index (χ4v) is 4.88. The molecule has 2 heterocycles. The monoisotopic (exact) mass is 335 g/mol. The number of amides is 1. The predicted molar refractivity (Wildman–Crippen MR) is 96.4 cm³/mol. The zero-order valence-electron chi connectivity index (χ0n) is 14.6. The number of rotatable bonds is 4. The second kappa shape index (κ2) is 7.32. The van der Waals surface area contributed by atoms with Crippen LogP contribution in [0.5, 0.6) is 0 Å². The predicted octanol–water partition coefficient (Wildman–Crippen LogP) is 2.24. The molecule has 2 unspecified atom stereocenters. The number of nitrogens with zero attached hydrogens (tertiary/aromatic N) is 2. The maximum absolute atomic E-state index is 12.6. The van der Waals surface area contributed by atoms with E-state index in [0.29, 0.717) is 0 Å². The lowest BCUT2D eigenvalue weighted by Gasteiger charge is -2.34. The van der Waals surface area contributed by atoms with Crippen LogP contribution in [0.25, 0.3) is 0 Å². The Morgan fingerprint density at radius 3 is 2.87 bits per heavy atom. The molecule has 23 heavy (non-hydrogen) atoms. The third kappa shape index (κ3) is 4.14. The molecule has 3 rings (SSSR count). The van der Waals surface area contributed by atoms with Crippen molar-refractivity contribution < 1.29 is 4.79 Å². The topological polar surface area (TPSA) is 35.6 Å². The Balaban J connectivity index is 1.55. The summed E-state index contributed by atoms with van der Waals surface area (Å²) in [6, 6.07) is 0.198. The van der Waals surface area contributed by atoms with E-state index in [1.165, 1.54) is 16.9 Å². The molecule has 1 aliphatic heterocycles. The van der Waals surface area contributed by atoms with Gasteiger partial charge in [-0.25, -0.2) is 0 Å². The molecule has 1 N–H and O–H groups in total. The summed E-state index contributed by atoms with van der Waals surface area (Å²) >= 11 is 1.77. The highest BCUT2D eigenvalue weighted by atomic mass is 32.1. The summed E-state index contributed by atoms with van der Waals surface area (Å²) < 4.78 is 0. The van der Waals surface area contributed by atoms with Crippen LogP contribution in [0.15, 0.2) is 5.38 Å². The third-order valence-corrected chi connectivity index (χ3v) is 6.20. The van der Waals surface area contributed by atoms with Gasteiger partial charge in [0.05, 0.1) is 5.56 Å². The normalized spacial score (nSPS) is 24.2. The second-order valence-corrected chi connectivity index (χ2v) is 8.34. The first-order chi connectivity index (χ1) is 11.0. The summed E-state index contributed by atoms with van der Waals surface area (Å²) in [5, 5.41) is 5.28. The van der Waals surface area contributed by atoms with Crippen molar-refractivity contribution in [3.05, 3.63) is 21.4 Å². The first-order valence-corrected chi connectivity index (χ1v) is 9.72. The van der Waals surface area contributed by atoms with Crippen molar-refractivity contribution >= 4 is 17.2 Å². The van der Waals surface area contributed by atoms with Crippen LogP contribution in [0.3, 0.4) is 0 Å². The van der Waals surface area contributed by atoms with Crippen molar-refractivity contribution in [3.8, 4) is 0 Å². The summed E-state index contributed by atoms with van der Waals surface area (Å²) in [6.45, 7) is 9.82. The first-order valence-electron chi connectivity index (χ1n) is 8.84. The van der Waals surface area contributed by atoms with E-state index in [0.717, 1.165) is 57.0 Å². The van der Waals surface area contributed by atoms with E-state index in [1.54, 1.807) is 11.3 Å².